The predicted octanol–water partition coefficient (Wildman–Crippen LogP) is 4.00. The number of aryl methyl sites for hydroxylation is 1. The van der Waals surface area contributed by atoms with E-state index in [1.807, 2.05) is 49.4 Å². The van der Waals surface area contributed by atoms with Crippen molar-refractivity contribution in [1.82, 2.24) is 19.4 Å². The first-order chi connectivity index (χ1) is 11.6. The van der Waals surface area contributed by atoms with Gasteiger partial charge < -0.3 is 5.73 Å². The van der Waals surface area contributed by atoms with Crippen molar-refractivity contribution in [3.63, 3.8) is 0 Å². The van der Waals surface area contributed by atoms with Gasteiger partial charge in [-0.3, -0.25) is 4.40 Å². The number of benzene rings is 1. The van der Waals surface area contributed by atoms with Gasteiger partial charge >= 0.3 is 0 Å². The summed E-state index contributed by atoms with van der Waals surface area (Å²) in [5, 5.41) is 0.436. The van der Waals surface area contributed by atoms with Gasteiger partial charge in [-0.2, -0.15) is 0 Å². The average molecular weight is 336 g/mol. The lowest BCUT2D eigenvalue weighted by Crippen LogP contribution is -2.04. The molecule has 0 saturated heterocycles. The van der Waals surface area contributed by atoms with E-state index in [1.54, 1.807) is 16.8 Å². The van der Waals surface area contributed by atoms with E-state index in [1.165, 1.54) is 0 Å². The van der Waals surface area contributed by atoms with E-state index in [9.17, 15) is 0 Å². The average Bonchev–Trinajstić information content (AvgIpc) is 3.04. The normalized spacial score (nSPS) is 11.1. The molecular weight excluding hydrogens is 322 g/mol. The fraction of sp³-hybridized carbons (Fsp3) is 0.0556. The van der Waals surface area contributed by atoms with Crippen LogP contribution < -0.4 is 5.73 Å². The van der Waals surface area contributed by atoms with Crippen LogP contribution in [0.2, 0.25) is 5.15 Å². The molecule has 0 aliphatic carbocycles. The number of fused-ring (bicyclic) bond motifs is 1. The smallest absolute Gasteiger partial charge is 0.206 e. The number of halogens is 1. The van der Waals surface area contributed by atoms with Gasteiger partial charge in [0.2, 0.25) is 5.95 Å². The second kappa shape index (κ2) is 5.62. The van der Waals surface area contributed by atoms with Crippen LogP contribution in [-0.4, -0.2) is 19.4 Å². The van der Waals surface area contributed by atoms with E-state index in [4.69, 9.17) is 17.3 Å². The summed E-state index contributed by atoms with van der Waals surface area (Å²) in [7, 11) is 0. The first-order valence-electron chi connectivity index (χ1n) is 7.46. The molecule has 3 aromatic heterocycles. The fourth-order valence-electron chi connectivity index (χ4n) is 2.85. The van der Waals surface area contributed by atoms with Gasteiger partial charge in [-0.15, -0.1) is 0 Å². The number of hydrogen-bond acceptors (Lipinski definition) is 4. The minimum Gasteiger partial charge on any atom is -0.369 e. The Morgan fingerprint density at radius 2 is 1.83 bits per heavy atom. The third-order valence-electron chi connectivity index (χ3n) is 3.83. The van der Waals surface area contributed by atoms with Crippen LogP contribution in [0.5, 0.6) is 0 Å². The molecule has 0 radical (unpaired) electrons. The zero-order chi connectivity index (χ0) is 16.7. The van der Waals surface area contributed by atoms with Gasteiger partial charge in [0.15, 0.2) is 0 Å². The minimum absolute atomic E-state index is 0.391. The molecule has 0 bridgehead atoms. The number of nitrogens with zero attached hydrogens (tertiary/aromatic N) is 4. The third-order valence-corrected chi connectivity index (χ3v) is 4.03. The lowest BCUT2D eigenvalue weighted by molar-refractivity contribution is 1.11. The number of aromatic nitrogens is 4. The zero-order valence-electron chi connectivity index (χ0n) is 12.9. The van der Waals surface area contributed by atoms with Gasteiger partial charge in [0.25, 0.3) is 0 Å². The van der Waals surface area contributed by atoms with Crippen LogP contribution >= 0.6 is 11.6 Å². The number of nitrogens with two attached hydrogens (primary N) is 1. The maximum atomic E-state index is 6.17. The molecule has 24 heavy (non-hydrogen) atoms. The summed E-state index contributed by atoms with van der Waals surface area (Å²) in [6.45, 7) is 1.91. The van der Waals surface area contributed by atoms with Crippen LogP contribution in [0, 0.1) is 6.92 Å². The SMILES string of the molecule is Cc1cc(-c2c(-c3ccccc3)nc(N)n3ccnc23)cc(Cl)n1. The lowest BCUT2D eigenvalue weighted by atomic mass is 10.0. The Bertz CT molecular complexity index is 1020. The molecule has 0 aliphatic rings. The van der Waals surface area contributed by atoms with Gasteiger partial charge in [0.05, 0.1) is 11.3 Å². The van der Waals surface area contributed by atoms with Gasteiger partial charge in [-0.25, -0.2) is 15.0 Å². The van der Waals surface area contributed by atoms with Crippen LogP contribution in [0.4, 0.5) is 5.95 Å². The molecule has 0 atom stereocenters. The summed E-state index contributed by atoms with van der Waals surface area (Å²) in [5.74, 6) is 0.391. The maximum absolute atomic E-state index is 6.17. The number of anilines is 1. The number of pyridine rings is 1. The predicted molar refractivity (Wildman–Crippen MR) is 95.8 cm³/mol. The first kappa shape index (κ1) is 14.7. The Balaban J connectivity index is 2.12. The van der Waals surface area contributed by atoms with Crippen molar-refractivity contribution in [2.75, 3.05) is 5.73 Å². The largest absolute Gasteiger partial charge is 0.369 e. The number of rotatable bonds is 2. The molecule has 3 heterocycles. The summed E-state index contributed by atoms with van der Waals surface area (Å²) in [5.41, 5.74) is 11.2. The van der Waals surface area contributed by atoms with Crippen LogP contribution in [0.15, 0.2) is 54.9 Å². The Morgan fingerprint density at radius 3 is 2.58 bits per heavy atom. The van der Waals surface area contributed by atoms with E-state index in [2.05, 4.69) is 15.0 Å². The standard InChI is InChI=1S/C18H14ClN5/c1-11-9-13(10-14(19)22-11)15-16(12-5-3-2-4-6-12)23-18(20)24-8-7-21-17(15)24/h2-10H,1H3,(H2,20,23). The van der Waals surface area contributed by atoms with Gasteiger partial charge in [0.1, 0.15) is 10.8 Å². The molecule has 5 nitrogen and oxygen atoms in total. The summed E-state index contributed by atoms with van der Waals surface area (Å²) < 4.78 is 1.77. The van der Waals surface area contributed by atoms with Crippen molar-refractivity contribution in [2.24, 2.45) is 0 Å². The molecule has 0 spiro atoms. The maximum Gasteiger partial charge on any atom is 0.206 e. The molecule has 0 saturated carbocycles. The fourth-order valence-corrected chi connectivity index (χ4v) is 3.10. The quantitative estimate of drug-likeness (QED) is 0.562. The molecule has 0 unspecified atom stereocenters. The second-order valence-corrected chi connectivity index (χ2v) is 5.89. The summed E-state index contributed by atoms with van der Waals surface area (Å²) in [4.78, 5) is 13.3. The van der Waals surface area contributed by atoms with Crippen LogP contribution in [-0.2, 0) is 0 Å². The van der Waals surface area contributed by atoms with Crippen molar-refractivity contribution in [1.29, 1.82) is 0 Å². The number of nitrogen functional groups attached to an aromatic ring is 1. The van der Waals surface area contributed by atoms with Crippen molar-refractivity contribution >= 4 is 23.2 Å². The summed E-state index contributed by atoms with van der Waals surface area (Å²) in [6.07, 6.45) is 3.51. The molecule has 2 N–H and O–H groups in total. The molecule has 4 aromatic rings. The van der Waals surface area contributed by atoms with E-state index in [0.29, 0.717) is 11.1 Å². The van der Waals surface area contributed by atoms with E-state index in [0.717, 1.165) is 33.7 Å². The lowest BCUT2D eigenvalue weighted by Gasteiger charge is -2.13. The molecule has 0 amide bonds. The molecule has 1 aromatic carbocycles. The Kier molecular flexibility index (Phi) is 3.43. The van der Waals surface area contributed by atoms with Crippen molar-refractivity contribution < 1.29 is 0 Å². The van der Waals surface area contributed by atoms with E-state index >= 15 is 0 Å². The Hall–Kier alpha value is -2.92. The molecule has 0 fully saturated rings. The van der Waals surface area contributed by atoms with Crippen LogP contribution in [0.3, 0.4) is 0 Å². The number of hydrogen-bond donors (Lipinski definition) is 1. The Morgan fingerprint density at radius 1 is 1.04 bits per heavy atom. The van der Waals surface area contributed by atoms with Gasteiger partial charge in [0, 0.05) is 23.7 Å². The molecule has 0 aliphatic heterocycles. The third kappa shape index (κ3) is 2.39. The molecular formula is C18H14ClN5. The van der Waals surface area contributed by atoms with E-state index < -0.39 is 0 Å². The summed E-state index contributed by atoms with van der Waals surface area (Å²) in [6, 6.07) is 13.7. The van der Waals surface area contributed by atoms with Crippen molar-refractivity contribution in [2.45, 2.75) is 6.92 Å². The highest BCUT2D eigenvalue weighted by Gasteiger charge is 2.18. The summed E-state index contributed by atoms with van der Waals surface area (Å²) >= 11 is 6.17. The van der Waals surface area contributed by atoms with Crippen LogP contribution in [0.1, 0.15) is 5.69 Å². The number of imidazole rings is 1. The Labute approximate surface area is 143 Å². The van der Waals surface area contributed by atoms with Crippen LogP contribution in [0.25, 0.3) is 28.0 Å². The molecule has 4 rings (SSSR count). The van der Waals surface area contributed by atoms with E-state index in [-0.39, 0.29) is 0 Å². The zero-order valence-corrected chi connectivity index (χ0v) is 13.7. The van der Waals surface area contributed by atoms with Crippen molar-refractivity contribution in [3.05, 3.63) is 65.7 Å². The molecule has 118 valence electrons. The van der Waals surface area contributed by atoms with Gasteiger partial charge in [-0.05, 0) is 24.6 Å². The minimum atomic E-state index is 0.391. The monoisotopic (exact) mass is 335 g/mol. The highest BCUT2D eigenvalue weighted by atomic mass is 35.5. The van der Waals surface area contributed by atoms with Gasteiger partial charge in [-0.1, -0.05) is 41.9 Å². The first-order valence-corrected chi connectivity index (χ1v) is 7.84. The topological polar surface area (TPSA) is 69.1 Å². The molecule has 6 heteroatoms. The highest BCUT2D eigenvalue weighted by Crippen LogP contribution is 2.35. The second-order valence-electron chi connectivity index (χ2n) is 5.50. The highest BCUT2D eigenvalue weighted by molar-refractivity contribution is 6.29. The van der Waals surface area contributed by atoms with Crippen molar-refractivity contribution in [3.8, 4) is 22.4 Å².